The van der Waals surface area contributed by atoms with Crippen LogP contribution in [0.15, 0.2) is 35.1 Å². The van der Waals surface area contributed by atoms with Gasteiger partial charge in [-0.15, -0.1) is 5.10 Å². The van der Waals surface area contributed by atoms with E-state index in [1.807, 2.05) is 0 Å². The van der Waals surface area contributed by atoms with Crippen LogP contribution in [0.25, 0.3) is 17.2 Å². The van der Waals surface area contributed by atoms with Crippen LogP contribution in [-0.4, -0.2) is 19.6 Å². The minimum Gasteiger partial charge on any atom is -0.399 e. The van der Waals surface area contributed by atoms with Gasteiger partial charge in [0.25, 0.3) is 5.78 Å². The quantitative estimate of drug-likeness (QED) is 0.701. The molecule has 3 rings (SSSR count). The van der Waals surface area contributed by atoms with Crippen molar-refractivity contribution < 1.29 is 5.82 Å². The topological polar surface area (TPSA) is 69.1 Å². The van der Waals surface area contributed by atoms with Crippen LogP contribution in [0.2, 0.25) is 0 Å². The summed E-state index contributed by atoms with van der Waals surface area (Å²) < 4.78 is 15.9. The van der Waals surface area contributed by atoms with Gasteiger partial charge in [-0.05, 0) is 34.1 Å². The van der Waals surface area contributed by atoms with E-state index in [1.54, 1.807) is 12.4 Å². The monoisotopic (exact) mass is 309 g/mol. The number of hydrogen-bond acceptors (Lipinski definition) is 4. The van der Waals surface area contributed by atoms with Gasteiger partial charge in [-0.2, -0.15) is 4.98 Å². The van der Waals surface area contributed by atoms with Crippen molar-refractivity contribution in [3.05, 3.63) is 40.9 Å². The number of hydrogen-bond donors (Lipinski definition) is 1. The Balaban J connectivity index is 0.00000133. The first-order valence-electron chi connectivity index (χ1n) is 5.07. The molecule has 1 aromatic carbocycles. The Morgan fingerprint density at radius 3 is 3.06 bits per heavy atom. The molecule has 0 atom stereocenters. The lowest BCUT2D eigenvalue weighted by atomic mass is 10.2. The number of nitrogen functional groups attached to an aromatic ring is 1. The third kappa shape index (κ3) is 1.82. The molecule has 0 saturated carbocycles. The first-order chi connectivity index (χ1) is 8.63. The van der Waals surface area contributed by atoms with E-state index in [4.69, 9.17) is 5.73 Å². The minimum atomic E-state index is -0.417. The maximum absolute atomic E-state index is 13.7. The summed E-state index contributed by atoms with van der Waals surface area (Å²) in [5.74, 6) is 0.236. The van der Waals surface area contributed by atoms with Gasteiger partial charge in [-0.1, -0.05) is 0 Å². The van der Waals surface area contributed by atoms with E-state index in [1.165, 1.54) is 22.7 Å². The lowest BCUT2D eigenvalue weighted by Gasteiger charge is -1.98. The van der Waals surface area contributed by atoms with E-state index in [-0.39, 0.29) is 12.8 Å². The van der Waals surface area contributed by atoms with Gasteiger partial charge in [0.1, 0.15) is 5.82 Å². The summed E-state index contributed by atoms with van der Waals surface area (Å²) in [6.45, 7) is 0. The lowest BCUT2D eigenvalue weighted by Crippen LogP contribution is -1.92. The Morgan fingerprint density at radius 1 is 1.39 bits per heavy atom. The van der Waals surface area contributed by atoms with Crippen LogP contribution in [0, 0.1) is 5.82 Å². The molecule has 2 N–H and O–H groups in total. The first-order valence-corrected chi connectivity index (χ1v) is 5.86. The predicted octanol–water partition coefficient (Wildman–Crippen LogP) is 2.52. The fourth-order valence-electron chi connectivity index (χ4n) is 1.59. The van der Waals surface area contributed by atoms with Crippen LogP contribution in [0.5, 0.6) is 0 Å². The van der Waals surface area contributed by atoms with E-state index >= 15 is 0 Å². The molecule has 0 radical (unpaired) electrons. The van der Waals surface area contributed by atoms with Crippen molar-refractivity contribution in [2.45, 2.75) is 0 Å². The van der Waals surface area contributed by atoms with Crippen molar-refractivity contribution in [2.75, 3.05) is 5.73 Å². The number of aromatic nitrogens is 4. The van der Waals surface area contributed by atoms with Crippen molar-refractivity contribution in [3.63, 3.8) is 0 Å². The highest BCUT2D eigenvalue weighted by atomic mass is 79.9. The van der Waals surface area contributed by atoms with Crippen molar-refractivity contribution in [2.24, 2.45) is 0 Å². The van der Waals surface area contributed by atoms with Crippen molar-refractivity contribution in [1.29, 1.82) is 0 Å². The second-order valence-electron chi connectivity index (χ2n) is 3.69. The third-order valence-electron chi connectivity index (χ3n) is 2.39. The van der Waals surface area contributed by atoms with Gasteiger partial charge >= 0.3 is 0 Å². The summed E-state index contributed by atoms with van der Waals surface area (Å²) in [4.78, 5) is 8.22. The molecule has 2 heterocycles. The Morgan fingerprint density at radius 2 is 2.22 bits per heavy atom. The standard InChI is InChI=1S/C11H7BrFN5.H2/c12-6-4-15-11-16-10(17-18(11)5-6)8-3-7(14)1-2-9(8)13;/h1-5H,14H2;1H. The summed E-state index contributed by atoms with van der Waals surface area (Å²) in [6.07, 6.45) is 3.30. The molecule has 0 bridgehead atoms. The van der Waals surface area contributed by atoms with Crippen LogP contribution in [0.3, 0.4) is 0 Å². The number of benzene rings is 1. The van der Waals surface area contributed by atoms with E-state index < -0.39 is 5.82 Å². The first kappa shape index (κ1) is 11.1. The molecule has 7 heteroatoms. The maximum Gasteiger partial charge on any atom is 0.252 e. The van der Waals surface area contributed by atoms with Gasteiger partial charge in [0.05, 0.1) is 10.0 Å². The predicted molar refractivity (Wildman–Crippen MR) is 70.4 cm³/mol. The smallest absolute Gasteiger partial charge is 0.252 e. The van der Waals surface area contributed by atoms with E-state index in [0.29, 0.717) is 11.5 Å². The molecule has 92 valence electrons. The number of halogens is 2. The molecule has 0 aliphatic carbocycles. The highest BCUT2D eigenvalue weighted by Gasteiger charge is 2.12. The SMILES string of the molecule is Nc1ccc(F)c(-c2nc3ncc(Br)cn3n2)c1.[HH]. The van der Waals surface area contributed by atoms with Gasteiger partial charge in [0.15, 0.2) is 5.82 Å². The van der Waals surface area contributed by atoms with Crippen LogP contribution in [-0.2, 0) is 0 Å². The number of nitrogens with zero attached hydrogens (tertiary/aromatic N) is 4. The van der Waals surface area contributed by atoms with Crippen LogP contribution in [0.1, 0.15) is 1.43 Å². The normalized spacial score (nSPS) is 11.0. The summed E-state index contributed by atoms with van der Waals surface area (Å²) in [5.41, 5.74) is 6.35. The van der Waals surface area contributed by atoms with Crippen LogP contribution < -0.4 is 5.73 Å². The summed E-state index contributed by atoms with van der Waals surface area (Å²) in [6, 6.07) is 4.28. The molecule has 0 amide bonds. The highest BCUT2D eigenvalue weighted by Crippen LogP contribution is 2.22. The van der Waals surface area contributed by atoms with E-state index in [9.17, 15) is 4.39 Å². The number of rotatable bonds is 1. The van der Waals surface area contributed by atoms with Gasteiger partial charge in [-0.3, -0.25) is 0 Å². The van der Waals surface area contributed by atoms with Crippen molar-refractivity contribution in [1.82, 2.24) is 19.6 Å². The molecular formula is C11H9BrFN5. The zero-order valence-electron chi connectivity index (χ0n) is 9.01. The summed E-state index contributed by atoms with van der Waals surface area (Å²) in [5, 5.41) is 4.16. The Kier molecular flexibility index (Phi) is 2.48. The zero-order chi connectivity index (χ0) is 12.7. The van der Waals surface area contributed by atoms with Gasteiger partial charge in [0.2, 0.25) is 0 Å². The fourth-order valence-corrected chi connectivity index (χ4v) is 1.88. The van der Waals surface area contributed by atoms with Gasteiger partial charge < -0.3 is 5.73 Å². The molecular weight excluding hydrogens is 301 g/mol. The second-order valence-corrected chi connectivity index (χ2v) is 4.61. The zero-order valence-corrected chi connectivity index (χ0v) is 10.6. The van der Waals surface area contributed by atoms with Gasteiger partial charge in [0, 0.05) is 19.5 Å². The second kappa shape index (κ2) is 4.02. The molecule has 18 heavy (non-hydrogen) atoms. The molecule has 0 saturated heterocycles. The highest BCUT2D eigenvalue weighted by molar-refractivity contribution is 9.10. The van der Waals surface area contributed by atoms with Crippen LogP contribution >= 0.6 is 15.9 Å². The molecule has 5 nitrogen and oxygen atoms in total. The van der Waals surface area contributed by atoms with Crippen molar-refractivity contribution in [3.8, 4) is 11.4 Å². The van der Waals surface area contributed by atoms with Crippen molar-refractivity contribution >= 4 is 27.4 Å². The average molecular weight is 310 g/mol. The molecule has 0 spiro atoms. The minimum absolute atomic E-state index is 0. The fraction of sp³-hybridized carbons (Fsp3) is 0. The average Bonchev–Trinajstić information content (AvgIpc) is 2.74. The Labute approximate surface area is 111 Å². The molecule has 0 aliphatic heterocycles. The largest absolute Gasteiger partial charge is 0.399 e. The maximum atomic E-state index is 13.7. The molecule has 0 unspecified atom stereocenters. The van der Waals surface area contributed by atoms with E-state index in [0.717, 1.165) is 4.47 Å². The number of anilines is 1. The number of nitrogens with two attached hydrogens (primary N) is 1. The van der Waals surface area contributed by atoms with Gasteiger partial charge in [-0.25, -0.2) is 13.9 Å². The summed E-state index contributed by atoms with van der Waals surface area (Å²) >= 11 is 3.28. The number of fused-ring (bicyclic) bond motifs is 1. The van der Waals surface area contributed by atoms with Crippen LogP contribution in [0.4, 0.5) is 10.1 Å². The molecule has 0 fully saturated rings. The molecule has 3 aromatic rings. The van der Waals surface area contributed by atoms with E-state index in [2.05, 4.69) is 31.0 Å². The summed E-state index contributed by atoms with van der Waals surface area (Å²) in [7, 11) is 0. The lowest BCUT2D eigenvalue weighted by molar-refractivity contribution is 0.630. The Bertz CT molecular complexity index is 745. The third-order valence-corrected chi connectivity index (χ3v) is 2.80. The Hall–Kier alpha value is -2.02. The molecule has 0 aliphatic rings. The molecule has 2 aromatic heterocycles.